The van der Waals surface area contributed by atoms with E-state index >= 15 is 0 Å². The number of nitrogens with one attached hydrogen (secondary N) is 1. The van der Waals surface area contributed by atoms with Crippen LogP contribution in [0.4, 0.5) is 0 Å². The highest BCUT2D eigenvalue weighted by atomic mass is 16.5. The predicted octanol–water partition coefficient (Wildman–Crippen LogP) is 4.04. The minimum atomic E-state index is -0.0873. The fourth-order valence-electron chi connectivity index (χ4n) is 3.75. The average Bonchev–Trinajstić information content (AvgIpc) is 3.36. The summed E-state index contributed by atoms with van der Waals surface area (Å²) in [7, 11) is 0. The number of benzene rings is 2. The lowest BCUT2D eigenvalue weighted by Crippen LogP contribution is -2.34. The van der Waals surface area contributed by atoms with Crippen LogP contribution in [0.15, 0.2) is 73.7 Å². The van der Waals surface area contributed by atoms with Gasteiger partial charge in [0.15, 0.2) is 0 Å². The Hall–Kier alpha value is -3.60. The molecule has 1 aliphatic rings. The van der Waals surface area contributed by atoms with Gasteiger partial charge in [-0.15, -0.1) is 0 Å². The summed E-state index contributed by atoms with van der Waals surface area (Å²) in [5, 5.41) is 3.10. The zero-order valence-corrected chi connectivity index (χ0v) is 17.0. The van der Waals surface area contributed by atoms with Crippen molar-refractivity contribution in [3.63, 3.8) is 0 Å². The lowest BCUT2D eigenvalue weighted by atomic mass is 10.1. The molecule has 1 aliphatic carbocycles. The van der Waals surface area contributed by atoms with E-state index in [4.69, 9.17) is 4.74 Å². The van der Waals surface area contributed by atoms with E-state index in [1.54, 1.807) is 24.6 Å². The number of ether oxygens (including phenoxy) is 1. The number of fused-ring (bicyclic) bond motifs is 1. The van der Waals surface area contributed by atoms with Crippen LogP contribution in [0.1, 0.15) is 22.4 Å². The third-order valence-electron chi connectivity index (χ3n) is 5.15. The van der Waals surface area contributed by atoms with Gasteiger partial charge in [-0.25, -0.2) is 4.98 Å². The van der Waals surface area contributed by atoms with Crippen LogP contribution in [0.3, 0.4) is 0 Å². The Labute approximate surface area is 176 Å². The monoisotopic (exact) mass is 399 g/mol. The maximum Gasteiger partial charge on any atom is 0.244 e. The first kappa shape index (κ1) is 19.7. The second-order valence-electron chi connectivity index (χ2n) is 7.46. The van der Waals surface area contributed by atoms with E-state index in [0.717, 1.165) is 29.8 Å². The Morgan fingerprint density at radius 2 is 2.03 bits per heavy atom. The lowest BCUT2D eigenvalue weighted by Gasteiger charge is -2.12. The molecule has 3 aromatic rings. The van der Waals surface area contributed by atoms with Gasteiger partial charge in [0.05, 0.1) is 17.7 Å². The number of carbonyl (C=O) groups excluding carboxylic acids is 1. The molecule has 0 saturated heterocycles. The van der Waals surface area contributed by atoms with Gasteiger partial charge in [-0.2, -0.15) is 0 Å². The summed E-state index contributed by atoms with van der Waals surface area (Å²) in [6.07, 6.45) is 10.6. The predicted molar refractivity (Wildman–Crippen MR) is 119 cm³/mol. The van der Waals surface area contributed by atoms with Gasteiger partial charge in [0.25, 0.3) is 0 Å². The Kier molecular flexibility index (Phi) is 5.80. The molecule has 0 aliphatic heterocycles. The van der Waals surface area contributed by atoms with Crippen LogP contribution in [0, 0.1) is 6.92 Å². The minimum absolute atomic E-state index is 0.0873. The van der Waals surface area contributed by atoms with Crippen LogP contribution < -0.4 is 10.1 Å². The van der Waals surface area contributed by atoms with E-state index in [1.807, 2.05) is 48.0 Å². The molecule has 0 fully saturated rings. The fourth-order valence-corrected chi connectivity index (χ4v) is 3.75. The van der Waals surface area contributed by atoms with Crippen molar-refractivity contribution in [1.82, 2.24) is 14.9 Å². The maximum absolute atomic E-state index is 12.4. The van der Waals surface area contributed by atoms with Crippen LogP contribution in [0.2, 0.25) is 0 Å². The van der Waals surface area contributed by atoms with Gasteiger partial charge in [-0.05, 0) is 54.7 Å². The van der Waals surface area contributed by atoms with E-state index < -0.39 is 0 Å². The van der Waals surface area contributed by atoms with Crippen molar-refractivity contribution < 1.29 is 9.53 Å². The highest BCUT2D eigenvalue weighted by molar-refractivity contribution is 5.92. The van der Waals surface area contributed by atoms with Gasteiger partial charge >= 0.3 is 0 Å². The van der Waals surface area contributed by atoms with Gasteiger partial charge in [0.2, 0.25) is 5.91 Å². The van der Waals surface area contributed by atoms with Crippen LogP contribution in [-0.4, -0.2) is 28.1 Å². The molecule has 0 radical (unpaired) electrons. The third kappa shape index (κ3) is 4.51. The van der Waals surface area contributed by atoms with Crippen molar-refractivity contribution in [2.75, 3.05) is 6.61 Å². The molecule has 0 saturated carbocycles. The molecule has 0 bridgehead atoms. The summed E-state index contributed by atoms with van der Waals surface area (Å²) in [5.41, 5.74) is 5.35. The van der Waals surface area contributed by atoms with Gasteiger partial charge in [-0.3, -0.25) is 4.79 Å². The second-order valence-corrected chi connectivity index (χ2v) is 7.46. The molecule has 1 aromatic heterocycles. The largest absolute Gasteiger partial charge is 0.487 e. The Morgan fingerprint density at radius 3 is 2.70 bits per heavy atom. The van der Waals surface area contributed by atoms with Crippen LogP contribution in [-0.2, 0) is 17.6 Å². The summed E-state index contributed by atoms with van der Waals surface area (Å²) in [5.74, 6) is 0.622. The zero-order valence-electron chi connectivity index (χ0n) is 17.0. The van der Waals surface area contributed by atoms with Crippen molar-refractivity contribution in [3.8, 4) is 11.4 Å². The molecule has 0 unspecified atom stereocenters. The lowest BCUT2D eigenvalue weighted by molar-refractivity contribution is -0.117. The molecule has 1 amide bonds. The van der Waals surface area contributed by atoms with E-state index in [-0.39, 0.29) is 11.9 Å². The van der Waals surface area contributed by atoms with Crippen LogP contribution in [0.25, 0.3) is 11.8 Å². The summed E-state index contributed by atoms with van der Waals surface area (Å²) in [6.45, 7) is 6.06. The van der Waals surface area contributed by atoms with Crippen molar-refractivity contribution in [1.29, 1.82) is 0 Å². The Morgan fingerprint density at radius 1 is 1.27 bits per heavy atom. The average molecular weight is 399 g/mol. The zero-order chi connectivity index (χ0) is 20.9. The summed E-state index contributed by atoms with van der Waals surface area (Å²) < 4.78 is 7.76. The molecule has 2 aromatic carbocycles. The van der Waals surface area contributed by atoms with Gasteiger partial charge < -0.3 is 14.6 Å². The summed E-state index contributed by atoms with van der Waals surface area (Å²) >= 11 is 0. The standard InChI is InChI=1S/C25H25N3O2/c1-3-12-30-24-13-19(8-10-23(24)28-16-18(2)26-17-28)9-11-25(29)27-22-14-20-6-4-5-7-21(20)15-22/h3-11,13,16-17,22H,1,12,14-15H2,2H3,(H,27,29). The number of nitrogens with zero attached hydrogens (tertiary/aromatic N) is 2. The topological polar surface area (TPSA) is 56.1 Å². The first-order valence-electron chi connectivity index (χ1n) is 10.1. The van der Waals surface area contributed by atoms with Crippen molar-refractivity contribution in [2.24, 2.45) is 0 Å². The molecule has 30 heavy (non-hydrogen) atoms. The molecule has 4 rings (SSSR count). The highest BCUT2D eigenvalue weighted by Crippen LogP contribution is 2.26. The van der Waals surface area contributed by atoms with Gasteiger partial charge in [0, 0.05) is 18.3 Å². The molecule has 152 valence electrons. The number of hydrogen-bond donors (Lipinski definition) is 1. The maximum atomic E-state index is 12.4. The van der Waals surface area contributed by atoms with Crippen molar-refractivity contribution >= 4 is 12.0 Å². The number of hydrogen-bond acceptors (Lipinski definition) is 3. The number of rotatable bonds is 7. The van der Waals surface area contributed by atoms with Crippen LogP contribution in [0.5, 0.6) is 5.75 Å². The molecule has 5 nitrogen and oxygen atoms in total. The van der Waals surface area contributed by atoms with Crippen molar-refractivity contribution in [3.05, 3.63) is 96.1 Å². The fraction of sp³-hybridized carbons (Fsp3) is 0.200. The first-order chi connectivity index (χ1) is 14.6. The van der Waals surface area contributed by atoms with Gasteiger partial charge in [0.1, 0.15) is 12.4 Å². The smallest absolute Gasteiger partial charge is 0.244 e. The van der Waals surface area contributed by atoms with E-state index in [2.05, 4.69) is 29.0 Å². The third-order valence-corrected chi connectivity index (χ3v) is 5.15. The van der Waals surface area contributed by atoms with Crippen molar-refractivity contribution in [2.45, 2.75) is 25.8 Å². The quantitative estimate of drug-likeness (QED) is 0.482. The molecular weight excluding hydrogens is 374 g/mol. The number of amides is 1. The SMILES string of the molecule is C=CCOc1cc(C=CC(=O)NC2Cc3ccccc3C2)ccc1-n1cnc(C)c1. The van der Waals surface area contributed by atoms with E-state index in [0.29, 0.717) is 12.4 Å². The van der Waals surface area contributed by atoms with E-state index in [1.165, 1.54) is 11.1 Å². The molecular formula is C25H25N3O2. The Bertz CT molecular complexity index is 1070. The minimum Gasteiger partial charge on any atom is -0.487 e. The van der Waals surface area contributed by atoms with E-state index in [9.17, 15) is 4.79 Å². The van der Waals surface area contributed by atoms with Crippen LogP contribution >= 0.6 is 0 Å². The van der Waals surface area contributed by atoms with Gasteiger partial charge in [-0.1, -0.05) is 43.0 Å². The molecule has 5 heteroatoms. The molecule has 1 N–H and O–H groups in total. The molecule has 0 atom stereocenters. The molecule has 1 heterocycles. The number of aryl methyl sites for hydroxylation is 1. The summed E-state index contributed by atoms with van der Waals surface area (Å²) in [6, 6.07) is 14.3. The Balaban J connectivity index is 1.45. The first-order valence-corrected chi connectivity index (χ1v) is 10.1. The molecule has 0 spiro atoms. The summed E-state index contributed by atoms with van der Waals surface area (Å²) in [4.78, 5) is 16.7. The number of imidazole rings is 1. The normalized spacial score (nSPS) is 13.4. The highest BCUT2D eigenvalue weighted by Gasteiger charge is 2.21. The second kappa shape index (κ2) is 8.82. The number of aromatic nitrogens is 2. The number of carbonyl (C=O) groups is 1.